The minimum atomic E-state index is -3.75. The van der Waals surface area contributed by atoms with Gasteiger partial charge in [0.1, 0.15) is 0 Å². The van der Waals surface area contributed by atoms with E-state index in [1.807, 2.05) is 0 Å². The summed E-state index contributed by atoms with van der Waals surface area (Å²) in [5.74, 6) is -1.29. The van der Waals surface area contributed by atoms with Gasteiger partial charge in [-0.2, -0.15) is 5.26 Å². The van der Waals surface area contributed by atoms with Crippen LogP contribution in [0.15, 0.2) is 18.2 Å². The Morgan fingerprint density at radius 1 is 1.53 bits per heavy atom. The summed E-state index contributed by atoms with van der Waals surface area (Å²) >= 11 is 0. The lowest BCUT2D eigenvalue weighted by Crippen LogP contribution is -2.15. The number of nitriles is 1. The number of ether oxygens (including phenoxy) is 1. The first-order valence-corrected chi connectivity index (χ1v) is 6.43. The molecule has 0 fully saturated rings. The highest BCUT2D eigenvalue weighted by Gasteiger charge is 2.11. The molecule has 0 amide bonds. The number of benzene rings is 1. The number of nitrogens with zero attached hydrogens (tertiary/aromatic N) is 1. The quantitative estimate of drug-likeness (QED) is 0.867. The molecule has 0 aliphatic rings. The van der Waals surface area contributed by atoms with Crippen LogP contribution in [0.3, 0.4) is 0 Å². The Morgan fingerprint density at radius 2 is 2.24 bits per heavy atom. The van der Waals surface area contributed by atoms with Gasteiger partial charge in [-0.15, -0.1) is 0 Å². The van der Waals surface area contributed by atoms with Crippen molar-refractivity contribution in [3.63, 3.8) is 0 Å². The molecule has 0 bridgehead atoms. The maximum absolute atomic E-state index is 13.4. The van der Waals surface area contributed by atoms with Crippen LogP contribution in [0.5, 0.6) is 5.75 Å². The first-order valence-electron chi connectivity index (χ1n) is 4.78. The summed E-state index contributed by atoms with van der Waals surface area (Å²) in [4.78, 5) is 0. The van der Waals surface area contributed by atoms with E-state index in [2.05, 4.69) is 4.72 Å². The first kappa shape index (κ1) is 13.3. The van der Waals surface area contributed by atoms with Crippen molar-refractivity contribution in [2.24, 2.45) is 0 Å². The van der Waals surface area contributed by atoms with E-state index in [0.29, 0.717) is 6.61 Å². The van der Waals surface area contributed by atoms with Gasteiger partial charge in [-0.05, 0) is 19.1 Å². The molecular formula is C10H11FN2O3S. The van der Waals surface area contributed by atoms with Crippen LogP contribution >= 0.6 is 0 Å². The summed E-state index contributed by atoms with van der Waals surface area (Å²) in [6, 6.07) is 5.19. The van der Waals surface area contributed by atoms with Crippen LogP contribution in [0.4, 0.5) is 10.1 Å². The van der Waals surface area contributed by atoms with Crippen LogP contribution < -0.4 is 9.46 Å². The summed E-state index contributed by atoms with van der Waals surface area (Å²) in [5, 5.41) is 8.29. The van der Waals surface area contributed by atoms with Gasteiger partial charge < -0.3 is 4.74 Å². The van der Waals surface area contributed by atoms with Crippen LogP contribution in [-0.4, -0.2) is 20.8 Å². The highest BCUT2D eigenvalue weighted by Crippen LogP contribution is 2.21. The largest absolute Gasteiger partial charge is 0.491 e. The zero-order valence-corrected chi connectivity index (χ0v) is 9.92. The molecule has 1 aromatic carbocycles. The number of hydrogen-bond donors (Lipinski definition) is 1. The summed E-state index contributed by atoms with van der Waals surface area (Å²) in [7, 11) is -3.75. The topological polar surface area (TPSA) is 79.2 Å². The average Bonchev–Trinajstić information content (AvgIpc) is 2.21. The van der Waals surface area contributed by atoms with Crippen molar-refractivity contribution in [3.05, 3.63) is 24.0 Å². The smallest absolute Gasteiger partial charge is 0.246 e. The molecule has 0 atom stereocenters. The van der Waals surface area contributed by atoms with E-state index in [9.17, 15) is 12.8 Å². The number of sulfonamides is 1. The molecule has 92 valence electrons. The van der Waals surface area contributed by atoms with Crippen LogP contribution in [0.2, 0.25) is 0 Å². The lowest BCUT2D eigenvalue weighted by atomic mass is 10.3. The molecule has 0 unspecified atom stereocenters. The first-order chi connectivity index (χ1) is 7.98. The highest BCUT2D eigenvalue weighted by atomic mass is 32.2. The van der Waals surface area contributed by atoms with Gasteiger partial charge in [-0.1, -0.05) is 0 Å². The zero-order chi connectivity index (χ0) is 12.9. The number of anilines is 1. The van der Waals surface area contributed by atoms with Crippen molar-refractivity contribution in [3.8, 4) is 11.8 Å². The molecule has 7 heteroatoms. The van der Waals surface area contributed by atoms with Crippen molar-refractivity contribution in [1.29, 1.82) is 5.26 Å². The van der Waals surface area contributed by atoms with E-state index in [1.165, 1.54) is 18.2 Å². The maximum Gasteiger partial charge on any atom is 0.246 e. The molecule has 0 radical (unpaired) electrons. The van der Waals surface area contributed by atoms with E-state index in [-0.39, 0.29) is 11.4 Å². The van der Waals surface area contributed by atoms with Crippen molar-refractivity contribution >= 4 is 15.7 Å². The minimum absolute atomic E-state index is 0.0516. The highest BCUT2D eigenvalue weighted by molar-refractivity contribution is 7.92. The maximum atomic E-state index is 13.4. The van der Waals surface area contributed by atoms with Gasteiger partial charge in [0.05, 0.1) is 18.4 Å². The normalized spacial score (nSPS) is 10.6. The molecule has 17 heavy (non-hydrogen) atoms. The van der Waals surface area contributed by atoms with Crippen molar-refractivity contribution in [1.82, 2.24) is 0 Å². The Labute approximate surface area is 98.9 Å². The third kappa shape index (κ3) is 3.92. The Kier molecular flexibility index (Phi) is 4.29. The van der Waals surface area contributed by atoms with E-state index in [4.69, 9.17) is 10.00 Å². The van der Waals surface area contributed by atoms with Crippen LogP contribution in [0.1, 0.15) is 6.92 Å². The van der Waals surface area contributed by atoms with Crippen molar-refractivity contribution in [2.75, 3.05) is 17.1 Å². The Balaban J connectivity index is 2.88. The average molecular weight is 258 g/mol. The predicted molar refractivity (Wildman–Crippen MR) is 60.6 cm³/mol. The Morgan fingerprint density at radius 3 is 2.76 bits per heavy atom. The van der Waals surface area contributed by atoms with Gasteiger partial charge in [-0.3, -0.25) is 4.72 Å². The molecule has 0 aliphatic carbocycles. The molecule has 1 rings (SSSR count). The predicted octanol–water partition coefficient (Wildman–Crippen LogP) is 1.49. The van der Waals surface area contributed by atoms with Crippen LogP contribution in [0, 0.1) is 17.1 Å². The molecule has 0 aromatic heterocycles. The van der Waals surface area contributed by atoms with E-state index in [0.717, 1.165) is 6.07 Å². The second kappa shape index (κ2) is 5.50. The SMILES string of the molecule is CCOc1ccc(NS(=O)(=O)CC#N)cc1F. The number of rotatable bonds is 5. The van der Waals surface area contributed by atoms with Crippen LogP contribution in [0.25, 0.3) is 0 Å². The molecule has 0 saturated carbocycles. The molecule has 0 spiro atoms. The second-order valence-electron chi connectivity index (χ2n) is 3.10. The van der Waals surface area contributed by atoms with Gasteiger partial charge in [0.25, 0.3) is 0 Å². The Hall–Kier alpha value is -1.81. The van der Waals surface area contributed by atoms with Crippen molar-refractivity contribution in [2.45, 2.75) is 6.92 Å². The van der Waals surface area contributed by atoms with Gasteiger partial charge in [0.2, 0.25) is 10.0 Å². The lowest BCUT2D eigenvalue weighted by Gasteiger charge is -2.08. The molecule has 5 nitrogen and oxygen atoms in total. The van der Waals surface area contributed by atoms with Gasteiger partial charge in [0, 0.05) is 6.07 Å². The lowest BCUT2D eigenvalue weighted by molar-refractivity contribution is 0.321. The molecule has 1 aromatic rings. The fraction of sp³-hybridized carbons (Fsp3) is 0.300. The summed E-state index contributed by atoms with van der Waals surface area (Å²) in [5.41, 5.74) is 0.0567. The summed E-state index contributed by atoms with van der Waals surface area (Å²) in [6.45, 7) is 2.03. The number of hydrogen-bond acceptors (Lipinski definition) is 4. The molecule has 0 aliphatic heterocycles. The second-order valence-corrected chi connectivity index (χ2v) is 4.82. The van der Waals surface area contributed by atoms with Gasteiger partial charge in [-0.25, -0.2) is 12.8 Å². The fourth-order valence-electron chi connectivity index (χ4n) is 1.14. The summed E-state index contributed by atoms with van der Waals surface area (Å²) < 4.78 is 42.9. The molecule has 0 saturated heterocycles. The van der Waals surface area contributed by atoms with E-state index < -0.39 is 21.6 Å². The fourth-order valence-corrected chi connectivity index (χ4v) is 1.87. The van der Waals surface area contributed by atoms with E-state index >= 15 is 0 Å². The number of nitrogens with one attached hydrogen (secondary N) is 1. The van der Waals surface area contributed by atoms with E-state index in [1.54, 1.807) is 6.92 Å². The van der Waals surface area contributed by atoms with Gasteiger partial charge >= 0.3 is 0 Å². The summed E-state index contributed by atoms with van der Waals surface area (Å²) in [6.07, 6.45) is 0. The van der Waals surface area contributed by atoms with Crippen LogP contribution in [-0.2, 0) is 10.0 Å². The third-order valence-electron chi connectivity index (χ3n) is 1.76. The molecule has 0 heterocycles. The van der Waals surface area contributed by atoms with Crippen molar-refractivity contribution < 1.29 is 17.5 Å². The minimum Gasteiger partial charge on any atom is -0.491 e. The standard InChI is InChI=1S/C10H11FN2O3S/c1-2-16-10-4-3-8(7-9(10)11)13-17(14,15)6-5-12/h3-4,7,13H,2,6H2,1H3. The number of halogens is 1. The third-order valence-corrected chi connectivity index (χ3v) is 2.82. The van der Waals surface area contributed by atoms with Gasteiger partial charge in [0.15, 0.2) is 17.3 Å². The molecular weight excluding hydrogens is 247 g/mol. The monoisotopic (exact) mass is 258 g/mol. The molecule has 1 N–H and O–H groups in total. The zero-order valence-electron chi connectivity index (χ0n) is 9.10. The Bertz CT molecular complexity index is 537.